The Bertz CT molecular complexity index is 1020. The van der Waals surface area contributed by atoms with Crippen molar-refractivity contribution in [2.45, 2.75) is 25.8 Å². The highest BCUT2D eigenvalue weighted by molar-refractivity contribution is 6.01. The molecule has 0 bridgehead atoms. The Morgan fingerprint density at radius 3 is 2.89 bits per heavy atom. The molecular formula is C20H22N6O2. The predicted molar refractivity (Wildman–Crippen MR) is 105 cm³/mol. The molecule has 0 aliphatic carbocycles. The van der Waals surface area contributed by atoms with Crippen molar-refractivity contribution in [2.75, 3.05) is 11.9 Å². The number of benzene rings is 1. The van der Waals surface area contributed by atoms with Crippen LogP contribution >= 0.6 is 0 Å². The number of carbonyl (C=O) groups is 2. The van der Waals surface area contributed by atoms with E-state index < -0.39 is 6.04 Å². The second-order valence-electron chi connectivity index (χ2n) is 7.04. The molecule has 3 heterocycles. The maximum atomic E-state index is 12.9. The van der Waals surface area contributed by atoms with Gasteiger partial charge in [0.1, 0.15) is 11.7 Å². The van der Waals surface area contributed by atoms with E-state index in [1.54, 1.807) is 23.2 Å². The highest BCUT2D eigenvalue weighted by Crippen LogP contribution is 2.23. The molecule has 2 aromatic heterocycles. The lowest BCUT2D eigenvalue weighted by atomic mass is 10.1. The molecular weight excluding hydrogens is 356 g/mol. The quantitative estimate of drug-likeness (QED) is 0.728. The number of likely N-dealkylation sites (tertiary alicyclic amines) is 1. The first kappa shape index (κ1) is 18.0. The molecule has 8 heteroatoms. The van der Waals surface area contributed by atoms with Crippen LogP contribution in [0.5, 0.6) is 0 Å². The highest BCUT2D eigenvalue weighted by atomic mass is 16.2. The molecule has 144 valence electrons. The SMILES string of the molecule is Cc1cccc(C(=O)N2CCC[C@@H]2C(=O)Nc2cc(-c3nccn3C)[nH]n2)c1. The molecule has 4 rings (SSSR count). The van der Waals surface area contributed by atoms with E-state index in [2.05, 4.69) is 20.5 Å². The minimum Gasteiger partial charge on any atom is -0.333 e. The molecule has 2 N–H and O–H groups in total. The Morgan fingerprint density at radius 1 is 1.29 bits per heavy atom. The minimum atomic E-state index is -0.499. The number of aryl methyl sites for hydroxylation is 2. The van der Waals surface area contributed by atoms with E-state index in [0.717, 1.165) is 17.8 Å². The van der Waals surface area contributed by atoms with Crippen LogP contribution in [-0.2, 0) is 11.8 Å². The van der Waals surface area contributed by atoms with Crippen molar-refractivity contribution in [3.8, 4) is 11.5 Å². The van der Waals surface area contributed by atoms with Gasteiger partial charge in [0.2, 0.25) is 5.91 Å². The van der Waals surface area contributed by atoms with Gasteiger partial charge in [-0.3, -0.25) is 14.7 Å². The van der Waals surface area contributed by atoms with Crippen LogP contribution < -0.4 is 5.32 Å². The van der Waals surface area contributed by atoms with E-state index >= 15 is 0 Å². The standard InChI is InChI=1S/C20H22N6O2/c1-13-5-3-6-14(11-13)20(28)26-9-4-7-16(26)19(27)22-17-12-15(23-24-17)18-21-8-10-25(18)2/h3,5-6,8,10-12,16H,4,7,9H2,1-2H3,(H2,22,23,24,27)/t16-/m1/s1. The molecule has 0 spiro atoms. The number of nitrogens with one attached hydrogen (secondary N) is 2. The summed E-state index contributed by atoms with van der Waals surface area (Å²) < 4.78 is 1.86. The first-order valence-corrected chi connectivity index (χ1v) is 9.24. The summed E-state index contributed by atoms with van der Waals surface area (Å²) in [4.78, 5) is 31.6. The molecule has 0 radical (unpaired) electrons. The van der Waals surface area contributed by atoms with Gasteiger partial charge in [-0.25, -0.2) is 4.98 Å². The van der Waals surface area contributed by atoms with Crippen LogP contribution in [0.4, 0.5) is 5.82 Å². The van der Waals surface area contributed by atoms with Crippen LogP contribution in [0.25, 0.3) is 11.5 Å². The normalized spacial score (nSPS) is 16.4. The molecule has 28 heavy (non-hydrogen) atoms. The van der Waals surface area contributed by atoms with Crippen molar-refractivity contribution in [3.05, 3.63) is 53.9 Å². The van der Waals surface area contributed by atoms with E-state index in [1.165, 1.54) is 0 Å². The Balaban J connectivity index is 1.48. The van der Waals surface area contributed by atoms with Gasteiger partial charge in [0.15, 0.2) is 11.6 Å². The van der Waals surface area contributed by atoms with Gasteiger partial charge in [-0.1, -0.05) is 17.7 Å². The van der Waals surface area contributed by atoms with Crippen LogP contribution in [-0.4, -0.2) is 49.0 Å². The average Bonchev–Trinajstić information content (AvgIpc) is 3.41. The molecule has 0 unspecified atom stereocenters. The van der Waals surface area contributed by atoms with Crippen molar-refractivity contribution < 1.29 is 9.59 Å². The average molecular weight is 378 g/mol. The van der Waals surface area contributed by atoms with Crippen molar-refractivity contribution in [1.82, 2.24) is 24.6 Å². The topological polar surface area (TPSA) is 95.9 Å². The summed E-state index contributed by atoms with van der Waals surface area (Å²) >= 11 is 0. The second-order valence-corrected chi connectivity index (χ2v) is 7.04. The van der Waals surface area contributed by atoms with Crippen molar-refractivity contribution >= 4 is 17.6 Å². The van der Waals surface area contributed by atoms with Gasteiger partial charge >= 0.3 is 0 Å². The number of amides is 2. The fourth-order valence-electron chi connectivity index (χ4n) is 3.56. The van der Waals surface area contributed by atoms with Gasteiger partial charge in [0.05, 0.1) is 0 Å². The summed E-state index contributed by atoms with van der Waals surface area (Å²) in [5.41, 5.74) is 2.34. The van der Waals surface area contributed by atoms with Crippen LogP contribution in [0.2, 0.25) is 0 Å². The van der Waals surface area contributed by atoms with Gasteiger partial charge in [0.25, 0.3) is 5.91 Å². The first-order valence-electron chi connectivity index (χ1n) is 9.24. The lowest BCUT2D eigenvalue weighted by Crippen LogP contribution is -2.43. The molecule has 8 nitrogen and oxygen atoms in total. The first-order chi connectivity index (χ1) is 13.5. The van der Waals surface area contributed by atoms with Crippen molar-refractivity contribution in [1.29, 1.82) is 0 Å². The summed E-state index contributed by atoms with van der Waals surface area (Å²) in [6, 6.07) is 8.68. The number of H-pyrrole nitrogens is 1. The zero-order chi connectivity index (χ0) is 19.7. The summed E-state index contributed by atoms with van der Waals surface area (Å²) in [7, 11) is 1.88. The number of imidazole rings is 1. The Labute approximate surface area is 162 Å². The van der Waals surface area contributed by atoms with Crippen molar-refractivity contribution in [2.24, 2.45) is 7.05 Å². The van der Waals surface area contributed by atoms with Gasteiger partial charge in [-0.2, -0.15) is 5.10 Å². The largest absolute Gasteiger partial charge is 0.333 e. The summed E-state index contributed by atoms with van der Waals surface area (Å²) in [5, 5.41) is 9.85. The third kappa shape index (κ3) is 3.40. The number of hydrogen-bond acceptors (Lipinski definition) is 4. The third-order valence-corrected chi connectivity index (χ3v) is 4.97. The predicted octanol–water partition coefficient (Wildman–Crippen LogP) is 2.36. The minimum absolute atomic E-state index is 0.114. The molecule has 1 saturated heterocycles. The summed E-state index contributed by atoms with van der Waals surface area (Å²) in [6.45, 7) is 2.52. The molecule has 3 aromatic rings. The van der Waals surface area contributed by atoms with Crippen LogP contribution in [0.3, 0.4) is 0 Å². The maximum absolute atomic E-state index is 12.9. The van der Waals surface area contributed by atoms with Crippen LogP contribution in [0.15, 0.2) is 42.7 Å². The van der Waals surface area contributed by atoms with Crippen molar-refractivity contribution in [3.63, 3.8) is 0 Å². The number of carbonyl (C=O) groups excluding carboxylic acids is 2. The van der Waals surface area contributed by atoms with E-state index in [4.69, 9.17) is 0 Å². The number of hydrogen-bond donors (Lipinski definition) is 2. The molecule has 0 saturated carbocycles. The maximum Gasteiger partial charge on any atom is 0.254 e. The molecule has 1 aliphatic heterocycles. The number of aromatic amines is 1. The Morgan fingerprint density at radius 2 is 2.14 bits per heavy atom. The lowest BCUT2D eigenvalue weighted by molar-refractivity contribution is -0.119. The van der Waals surface area contributed by atoms with E-state index in [0.29, 0.717) is 30.0 Å². The molecule has 2 amide bonds. The molecule has 1 fully saturated rings. The second kappa shape index (κ2) is 7.30. The zero-order valence-electron chi connectivity index (χ0n) is 15.8. The number of anilines is 1. The van der Waals surface area contributed by atoms with Crippen LogP contribution in [0.1, 0.15) is 28.8 Å². The van der Waals surface area contributed by atoms with E-state index in [-0.39, 0.29) is 11.8 Å². The Kier molecular flexibility index (Phi) is 4.68. The molecule has 1 aliphatic rings. The summed E-state index contributed by atoms with van der Waals surface area (Å²) in [6.07, 6.45) is 4.97. The molecule has 1 atom stereocenters. The van der Waals surface area contributed by atoms with E-state index in [1.807, 2.05) is 42.9 Å². The lowest BCUT2D eigenvalue weighted by Gasteiger charge is -2.23. The van der Waals surface area contributed by atoms with Gasteiger partial charge in [-0.05, 0) is 31.9 Å². The number of nitrogens with zero attached hydrogens (tertiary/aromatic N) is 4. The highest BCUT2D eigenvalue weighted by Gasteiger charge is 2.34. The fourth-order valence-corrected chi connectivity index (χ4v) is 3.56. The number of aromatic nitrogens is 4. The zero-order valence-corrected chi connectivity index (χ0v) is 15.8. The van der Waals surface area contributed by atoms with Crippen LogP contribution in [0, 0.1) is 6.92 Å². The van der Waals surface area contributed by atoms with Gasteiger partial charge < -0.3 is 14.8 Å². The summed E-state index contributed by atoms with van der Waals surface area (Å²) in [5.74, 6) is 0.802. The smallest absolute Gasteiger partial charge is 0.254 e. The third-order valence-electron chi connectivity index (χ3n) is 4.97. The number of rotatable bonds is 4. The van der Waals surface area contributed by atoms with E-state index in [9.17, 15) is 9.59 Å². The van der Waals surface area contributed by atoms with Gasteiger partial charge in [-0.15, -0.1) is 0 Å². The monoisotopic (exact) mass is 378 g/mol. The molecule has 1 aromatic carbocycles. The van der Waals surface area contributed by atoms with Gasteiger partial charge in [0, 0.05) is 37.6 Å². The Hall–Kier alpha value is -3.42. The fraction of sp³-hybridized carbons (Fsp3) is 0.300.